The Balaban J connectivity index is 0.000000980. The highest BCUT2D eigenvalue weighted by Crippen LogP contribution is 2.23. The minimum atomic E-state index is 0. The predicted octanol–water partition coefficient (Wildman–Crippen LogP) is 2.60. The second-order valence-corrected chi connectivity index (χ2v) is 3.74. The van der Waals surface area contributed by atoms with Crippen LogP contribution < -0.4 is 10.6 Å². The second kappa shape index (κ2) is 4.56. The Kier molecular flexibility index (Phi) is 3.64. The van der Waals surface area contributed by atoms with E-state index >= 15 is 0 Å². The molecular formula is C11H17ClN2. The van der Waals surface area contributed by atoms with Gasteiger partial charge < -0.3 is 10.6 Å². The summed E-state index contributed by atoms with van der Waals surface area (Å²) in [7, 11) is 0. The standard InChI is InChI=1S/C11H16N2.ClH/c1-9-8-10(4-5-11(9)12)13-6-2-3-7-13;/h4-5,8H,2-3,6-7,12H2,1H3;1H. The highest BCUT2D eigenvalue weighted by Gasteiger charge is 2.12. The van der Waals surface area contributed by atoms with Crippen LogP contribution in [0.25, 0.3) is 0 Å². The van der Waals surface area contributed by atoms with Crippen molar-refractivity contribution in [2.24, 2.45) is 0 Å². The number of nitrogens with zero attached hydrogens (tertiary/aromatic N) is 1. The van der Waals surface area contributed by atoms with Crippen molar-refractivity contribution in [3.05, 3.63) is 23.8 Å². The molecule has 1 fully saturated rings. The van der Waals surface area contributed by atoms with Gasteiger partial charge in [0.05, 0.1) is 0 Å². The summed E-state index contributed by atoms with van der Waals surface area (Å²) in [6.07, 6.45) is 2.65. The van der Waals surface area contributed by atoms with Gasteiger partial charge in [-0.2, -0.15) is 0 Å². The number of aryl methyl sites for hydroxylation is 1. The zero-order chi connectivity index (χ0) is 9.26. The number of hydrogen-bond donors (Lipinski definition) is 1. The van der Waals surface area contributed by atoms with E-state index in [9.17, 15) is 0 Å². The van der Waals surface area contributed by atoms with E-state index < -0.39 is 0 Å². The third-order valence-electron chi connectivity index (χ3n) is 2.72. The first-order chi connectivity index (χ1) is 6.27. The van der Waals surface area contributed by atoms with E-state index in [2.05, 4.69) is 24.0 Å². The summed E-state index contributed by atoms with van der Waals surface area (Å²) in [6.45, 7) is 4.46. The molecule has 0 aromatic heterocycles. The summed E-state index contributed by atoms with van der Waals surface area (Å²) >= 11 is 0. The largest absolute Gasteiger partial charge is 0.399 e. The molecule has 1 saturated heterocycles. The van der Waals surface area contributed by atoms with Crippen LogP contribution in [0.15, 0.2) is 18.2 Å². The van der Waals surface area contributed by atoms with Gasteiger partial charge in [-0.05, 0) is 43.5 Å². The van der Waals surface area contributed by atoms with Crippen LogP contribution in [0.5, 0.6) is 0 Å². The lowest BCUT2D eigenvalue weighted by molar-refractivity contribution is 0.949. The monoisotopic (exact) mass is 212 g/mol. The summed E-state index contributed by atoms with van der Waals surface area (Å²) in [5.41, 5.74) is 9.17. The summed E-state index contributed by atoms with van der Waals surface area (Å²) in [4.78, 5) is 2.42. The van der Waals surface area contributed by atoms with Crippen LogP contribution in [0.1, 0.15) is 18.4 Å². The van der Waals surface area contributed by atoms with Crippen molar-refractivity contribution in [2.45, 2.75) is 19.8 Å². The van der Waals surface area contributed by atoms with Gasteiger partial charge in [0.15, 0.2) is 0 Å². The van der Waals surface area contributed by atoms with Gasteiger partial charge in [0, 0.05) is 24.5 Å². The van der Waals surface area contributed by atoms with Gasteiger partial charge in [0.2, 0.25) is 0 Å². The van der Waals surface area contributed by atoms with E-state index in [0.717, 1.165) is 5.69 Å². The first-order valence-corrected chi connectivity index (χ1v) is 4.88. The predicted molar refractivity (Wildman–Crippen MR) is 64.3 cm³/mol. The summed E-state index contributed by atoms with van der Waals surface area (Å²) < 4.78 is 0. The molecule has 3 heteroatoms. The first kappa shape index (κ1) is 11.2. The van der Waals surface area contributed by atoms with Gasteiger partial charge in [-0.25, -0.2) is 0 Å². The third-order valence-corrected chi connectivity index (χ3v) is 2.72. The second-order valence-electron chi connectivity index (χ2n) is 3.74. The number of halogens is 1. The Hall–Kier alpha value is -0.890. The highest BCUT2D eigenvalue weighted by atomic mass is 35.5. The van der Waals surface area contributed by atoms with Gasteiger partial charge in [0.1, 0.15) is 0 Å². The van der Waals surface area contributed by atoms with E-state index in [4.69, 9.17) is 5.73 Å². The molecule has 0 radical (unpaired) electrons. The van der Waals surface area contributed by atoms with Gasteiger partial charge in [-0.3, -0.25) is 0 Å². The Morgan fingerprint density at radius 1 is 1.21 bits per heavy atom. The van der Waals surface area contributed by atoms with Gasteiger partial charge in [-0.1, -0.05) is 0 Å². The Bertz CT molecular complexity index is 306. The average molecular weight is 213 g/mol. The number of rotatable bonds is 1. The number of hydrogen-bond acceptors (Lipinski definition) is 2. The lowest BCUT2D eigenvalue weighted by Crippen LogP contribution is -2.17. The topological polar surface area (TPSA) is 29.3 Å². The molecular weight excluding hydrogens is 196 g/mol. The summed E-state index contributed by atoms with van der Waals surface area (Å²) in [6, 6.07) is 6.30. The number of anilines is 2. The van der Waals surface area contributed by atoms with Gasteiger partial charge in [-0.15, -0.1) is 12.4 Å². The fourth-order valence-corrected chi connectivity index (χ4v) is 1.83. The van der Waals surface area contributed by atoms with Crippen molar-refractivity contribution in [3.63, 3.8) is 0 Å². The fraction of sp³-hybridized carbons (Fsp3) is 0.455. The van der Waals surface area contributed by atoms with Crippen molar-refractivity contribution < 1.29 is 0 Å². The quantitative estimate of drug-likeness (QED) is 0.726. The average Bonchev–Trinajstić information content (AvgIpc) is 2.62. The van der Waals surface area contributed by atoms with E-state index in [1.54, 1.807) is 0 Å². The minimum absolute atomic E-state index is 0. The number of benzene rings is 1. The number of nitrogens with two attached hydrogens (primary N) is 1. The van der Waals surface area contributed by atoms with Crippen LogP contribution in [0.2, 0.25) is 0 Å². The molecule has 14 heavy (non-hydrogen) atoms. The molecule has 0 saturated carbocycles. The lowest BCUT2D eigenvalue weighted by Gasteiger charge is -2.18. The van der Waals surface area contributed by atoms with Crippen LogP contribution in [-0.2, 0) is 0 Å². The van der Waals surface area contributed by atoms with Crippen molar-refractivity contribution in [3.8, 4) is 0 Å². The Morgan fingerprint density at radius 3 is 2.43 bits per heavy atom. The minimum Gasteiger partial charge on any atom is -0.399 e. The molecule has 0 unspecified atom stereocenters. The molecule has 0 amide bonds. The summed E-state index contributed by atoms with van der Waals surface area (Å²) in [5, 5.41) is 0. The van der Waals surface area contributed by atoms with Crippen molar-refractivity contribution in [1.29, 1.82) is 0 Å². The zero-order valence-electron chi connectivity index (χ0n) is 8.49. The molecule has 0 bridgehead atoms. The van der Waals surface area contributed by atoms with Crippen LogP contribution in [0.3, 0.4) is 0 Å². The van der Waals surface area contributed by atoms with E-state index in [-0.39, 0.29) is 12.4 Å². The molecule has 2 nitrogen and oxygen atoms in total. The van der Waals surface area contributed by atoms with Crippen LogP contribution >= 0.6 is 12.4 Å². The molecule has 0 spiro atoms. The Labute approximate surface area is 91.5 Å². The molecule has 1 aromatic carbocycles. The maximum atomic E-state index is 5.77. The maximum absolute atomic E-state index is 5.77. The highest BCUT2D eigenvalue weighted by molar-refractivity contribution is 5.85. The van der Waals surface area contributed by atoms with E-state index in [0.29, 0.717) is 0 Å². The smallest absolute Gasteiger partial charge is 0.0370 e. The van der Waals surface area contributed by atoms with Crippen molar-refractivity contribution >= 4 is 23.8 Å². The molecule has 1 aliphatic heterocycles. The van der Waals surface area contributed by atoms with Gasteiger partial charge >= 0.3 is 0 Å². The normalized spacial score (nSPS) is 15.4. The van der Waals surface area contributed by atoms with Crippen LogP contribution in [0, 0.1) is 6.92 Å². The molecule has 0 aliphatic carbocycles. The molecule has 1 heterocycles. The van der Waals surface area contributed by atoms with E-state index in [1.807, 2.05) is 6.07 Å². The fourth-order valence-electron chi connectivity index (χ4n) is 1.83. The maximum Gasteiger partial charge on any atom is 0.0370 e. The Morgan fingerprint density at radius 2 is 1.86 bits per heavy atom. The lowest BCUT2D eigenvalue weighted by atomic mass is 10.2. The van der Waals surface area contributed by atoms with Crippen molar-refractivity contribution in [1.82, 2.24) is 0 Å². The molecule has 2 rings (SSSR count). The van der Waals surface area contributed by atoms with Crippen LogP contribution in [-0.4, -0.2) is 13.1 Å². The molecule has 2 N–H and O–H groups in total. The van der Waals surface area contributed by atoms with Crippen molar-refractivity contribution in [2.75, 3.05) is 23.7 Å². The SMILES string of the molecule is Cc1cc(N2CCCC2)ccc1N.Cl. The molecule has 0 atom stereocenters. The zero-order valence-corrected chi connectivity index (χ0v) is 9.31. The molecule has 78 valence electrons. The third kappa shape index (κ3) is 2.13. The first-order valence-electron chi connectivity index (χ1n) is 4.88. The summed E-state index contributed by atoms with van der Waals surface area (Å²) in [5.74, 6) is 0. The van der Waals surface area contributed by atoms with Crippen LogP contribution in [0.4, 0.5) is 11.4 Å². The molecule has 1 aliphatic rings. The van der Waals surface area contributed by atoms with E-state index in [1.165, 1.54) is 37.2 Å². The number of nitrogen functional groups attached to an aromatic ring is 1. The molecule has 1 aromatic rings. The van der Waals surface area contributed by atoms with Gasteiger partial charge in [0.25, 0.3) is 0 Å².